The average molecular weight is 280 g/mol. The zero-order valence-electron chi connectivity index (χ0n) is 11.6. The van der Waals surface area contributed by atoms with E-state index >= 15 is 0 Å². The van der Waals surface area contributed by atoms with E-state index in [9.17, 15) is 4.79 Å². The van der Waals surface area contributed by atoms with Gasteiger partial charge in [-0.15, -0.1) is 0 Å². The fourth-order valence-electron chi connectivity index (χ4n) is 2.73. The van der Waals surface area contributed by atoms with Crippen LogP contribution >= 0.6 is 11.6 Å². The van der Waals surface area contributed by atoms with Gasteiger partial charge in [-0.25, -0.2) is 0 Å². The molecule has 0 N–H and O–H groups in total. The van der Waals surface area contributed by atoms with Gasteiger partial charge in [0.25, 0.3) is 0 Å². The van der Waals surface area contributed by atoms with Crippen LogP contribution in [-0.2, 0) is 11.3 Å². The first kappa shape index (κ1) is 14.5. The summed E-state index contributed by atoms with van der Waals surface area (Å²) in [7, 11) is 0. The van der Waals surface area contributed by atoms with E-state index in [-0.39, 0.29) is 0 Å². The average Bonchev–Trinajstić information content (AvgIpc) is 2.38. The minimum atomic E-state index is 0.321. The third-order valence-corrected chi connectivity index (χ3v) is 4.14. The van der Waals surface area contributed by atoms with Gasteiger partial charge in [-0.2, -0.15) is 0 Å². The van der Waals surface area contributed by atoms with Gasteiger partial charge in [-0.3, -0.25) is 4.90 Å². The van der Waals surface area contributed by atoms with Gasteiger partial charge < -0.3 is 4.79 Å². The number of rotatable bonds is 5. The molecule has 0 amide bonds. The van der Waals surface area contributed by atoms with Gasteiger partial charge in [0.05, 0.1) is 0 Å². The molecule has 1 heterocycles. The molecule has 3 heteroatoms. The van der Waals surface area contributed by atoms with Gasteiger partial charge in [0.2, 0.25) is 0 Å². The van der Waals surface area contributed by atoms with Crippen LogP contribution in [0, 0.1) is 5.92 Å². The van der Waals surface area contributed by atoms with Gasteiger partial charge >= 0.3 is 0 Å². The van der Waals surface area contributed by atoms with E-state index in [1.807, 2.05) is 18.2 Å². The van der Waals surface area contributed by atoms with Crippen LogP contribution in [0.2, 0.25) is 5.02 Å². The number of hydrogen-bond acceptors (Lipinski definition) is 2. The summed E-state index contributed by atoms with van der Waals surface area (Å²) >= 11 is 6.01. The van der Waals surface area contributed by atoms with E-state index in [0.29, 0.717) is 5.78 Å². The van der Waals surface area contributed by atoms with Crippen molar-refractivity contribution in [1.29, 1.82) is 0 Å². The lowest BCUT2D eigenvalue weighted by Crippen LogP contribution is -2.33. The van der Waals surface area contributed by atoms with E-state index in [1.165, 1.54) is 18.4 Å². The second-order valence-electron chi connectivity index (χ2n) is 5.59. The number of likely N-dealkylation sites (tertiary alicyclic amines) is 1. The standard InChI is InChI=1S/C16H22ClNO/c1-13(19)5-6-14-7-9-18(10-8-14)12-15-3-2-4-16(17)11-15/h2-4,11,14H,5-10,12H2,1H3. The van der Waals surface area contributed by atoms with Crippen LogP contribution in [0.5, 0.6) is 0 Å². The van der Waals surface area contributed by atoms with E-state index < -0.39 is 0 Å². The van der Waals surface area contributed by atoms with Gasteiger partial charge in [0, 0.05) is 18.0 Å². The summed E-state index contributed by atoms with van der Waals surface area (Å²) in [4.78, 5) is 13.5. The van der Waals surface area contributed by atoms with Crippen LogP contribution in [-0.4, -0.2) is 23.8 Å². The maximum absolute atomic E-state index is 11.0. The summed E-state index contributed by atoms with van der Waals surface area (Å²) in [6.07, 6.45) is 4.25. The van der Waals surface area contributed by atoms with E-state index in [1.54, 1.807) is 6.92 Å². The van der Waals surface area contributed by atoms with Crippen LogP contribution in [0.15, 0.2) is 24.3 Å². The van der Waals surface area contributed by atoms with Gasteiger partial charge in [-0.1, -0.05) is 23.7 Å². The summed E-state index contributed by atoms with van der Waals surface area (Å²) in [6.45, 7) is 4.94. The zero-order valence-corrected chi connectivity index (χ0v) is 12.3. The predicted octanol–water partition coefficient (Wildman–Crippen LogP) is 3.92. The Bertz CT molecular complexity index is 425. The Hall–Kier alpha value is -0.860. The van der Waals surface area contributed by atoms with Crippen LogP contribution < -0.4 is 0 Å². The molecule has 0 atom stereocenters. The quantitative estimate of drug-likeness (QED) is 0.814. The highest BCUT2D eigenvalue weighted by atomic mass is 35.5. The molecule has 0 bridgehead atoms. The SMILES string of the molecule is CC(=O)CCC1CCN(Cc2cccc(Cl)c2)CC1. The first-order valence-electron chi connectivity index (χ1n) is 7.10. The molecule has 0 unspecified atom stereocenters. The zero-order chi connectivity index (χ0) is 13.7. The number of nitrogens with zero attached hydrogens (tertiary/aromatic N) is 1. The first-order valence-corrected chi connectivity index (χ1v) is 7.47. The molecule has 0 radical (unpaired) electrons. The number of piperidine rings is 1. The number of benzene rings is 1. The van der Waals surface area contributed by atoms with Crippen molar-refractivity contribution in [1.82, 2.24) is 4.90 Å². The second-order valence-corrected chi connectivity index (χ2v) is 6.03. The Balaban J connectivity index is 1.75. The molecule has 19 heavy (non-hydrogen) atoms. The van der Waals surface area contributed by atoms with Crippen molar-refractivity contribution in [3.63, 3.8) is 0 Å². The molecule has 0 aromatic heterocycles. The van der Waals surface area contributed by atoms with Gasteiger partial charge in [0.15, 0.2) is 0 Å². The summed E-state index contributed by atoms with van der Waals surface area (Å²) in [5.74, 6) is 1.06. The maximum atomic E-state index is 11.0. The molecule has 2 rings (SSSR count). The Labute approximate surface area is 120 Å². The summed E-state index contributed by atoms with van der Waals surface area (Å²) in [6, 6.07) is 8.10. The Kier molecular flexibility index (Phi) is 5.41. The highest BCUT2D eigenvalue weighted by Gasteiger charge is 2.19. The third-order valence-electron chi connectivity index (χ3n) is 3.91. The fraction of sp³-hybridized carbons (Fsp3) is 0.562. The van der Waals surface area contributed by atoms with Crippen LogP contribution in [0.3, 0.4) is 0 Å². The van der Waals surface area contributed by atoms with Crippen molar-refractivity contribution in [2.45, 2.75) is 39.2 Å². The highest BCUT2D eigenvalue weighted by Crippen LogP contribution is 2.23. The number of carbonyl (C=O) groups is 1. The second kappa shape index (κ2) is 7.06. The van der Waals surface area contributed by atoms with Crippen molar-refractivity contribution in [2.75, 3.05) is 13.1 Å². The van der Waals surface area contributed by atoms with Gasteiger partial charge in [0.1, 0.15) is 5.78 Å². The van der Waals surface area contributed by atoms with E-state index in [2.05, 4.69) is 11.0 Å². The normalized spacial score (nSPS) is 17.6. The summed E-state index contributed by atoms with van der Waals surface area (Å²) in [5.41, 5.74) is 1.29. The number of carbonyl (C=O) groups excluding carboxylic acids is 1. The highest BCUT2D eigenvalue weighted by molar-refractivity contribution is 6.30. The molecule has 0 spiro atoms. The molecule has 2 nitrogen and oxygen atoms in total. The Morgan fingerprint density at radius 3 is 2.74 bits per heavy atom. The molecule has 104 valence electrons. The molecular formula is C16H22ClNO. The minimum absolute atomic E-state index is 0.321. The predicted molar refractivity (Wildman–Crippen MR) is 79.4 cm³/mol. The molecule has 0 saturated carbocycles. The van der Waals surface area contributed by atoms with Crippen molar-refractivity contribution in [3.05, 3.63) is 34.9 Å². The van der Waals surface area contributed by atoms with E-state index in [4.69, 9.17) is 11.6 Å². The minimum Gasteiger partial charge on any atom is -0.300 e. The molecule has 1 aliphatic heterocycles. The number of ketones is 1. The summed E-state index contributed by atoms with van der Waals surface area (Å²) in [5, 5.41) is 0.814. The number of halogens is 1. The maximum Gasteiger partial charge on any atom is 0.129 e. The fourth-order valence-corrected chi connectivity index (χ4v) is 2.95. The van der Waals surface area contributed by atoms with Crippen LogP contribution in [0.1, 0.15) is 38.2 Å². The molecule has 1 aromatic rings. The number of hydrogen-bond donors (Lipinski definition) is 0. The number of Topliss-reactive ketones (excluding diaryl/α,β-unsaturated/α-hetero) is 1. The lowest BCUT2D eigenvalue weighted by Gasteiger charge is -2.31. The van der Waals surface area contributed by atoms with Crippen LogP contribution in [0.25, 0.3) is 0 Å². The van der Waals surface area contributed by atoms with Gasteiger partial charge in [-0.05, 0) is 62.9 Å². The van der Waals surface area contributed by atoms with Crippen molar-refractivity contribution < 1.29 is 4.79 Å². The lowest BCUT2D eigenvalue weighted by molar-refractivity contribution is -0.117. The largest absolute Gasteiger partial charge is 0.300 e. The lowest BCUT2D eigenvalue weighted by atomic mass is 9.91. The van der Waals surface area contributed by atoms with E-state index in [0.717, 1.165) is 43.4 Å². The molecule has 1 fully saturated rings. The molecule has 1 aromatic carbocycles. The van der Waals surface area contributed by atoms with Crippen molar-refractivity contribution >= 4 is 17.4 Å². The van der Waals surface area contributed by atoms with Crippen LogP contribution in [0.4, 0.5) is 0 Å². The topological polar surface area (TPSA) is 20.3 Å². The molecule has 1 aliphatic rings. The third kappa shape index (κ3) is 4.96. The summed E-state index contributed by atoms with van der Waals surface area (Å²) < 4.78 is 0. The van der Waals surface area contributed by atoms with Crippen molar-refractivity contribution in [2.24, 2.45) is 5.92 Å². The Morgan fingerprint density at radius 2 is 2.11 bits per heavy atom. The van der Waals surface area contributed by atoms with Crippen molar-refractivity contribution in [3.8, 4) is 0 Å². The molecule has 0 aliphatic carbocycles. The first-order chi connectivity index (χ1) is 9.13. The molecular weight excluding hydrogens is 258 g/mol. The Morgan fingerprint density at radius 1 is 1.37 bits per heavy atom. The smallest absolute Gasteiger partial charge is 0.129 e. The molecule has 1 saturated heterocycles. The monoisotopic (exact) mass is 279 g/mol.